The molecule has 19 heavy (non-hydrogen) atoms. The van der Waals surface area contributed by atoms with E-state index in [9.17, 15) is 0 Å². The lowest BCUT2D eigenvalue weighted by molar-refractivity contribution is 0.922. The van der Waals surface area contributed by atoms with Crippen molar-refractivity contribution in [3.8, 4) is 0 Å². The molecular formula is C16H16N2S. The third-order valence-corrected chi connectivity index (χ3v) is 3.63. The van der Waals surface area contributed by atoms with Crippen LogP contribution in [0.5, 0.6) is 0 Å². The second-order valence-electron chi connectivity index (χ2n) is 4.75. The summed E-state index contributed by atoms with van der Waals surface area (Å²) < 4.78 is 0. The van der Waals surface area contributed by atoms with Crippen molar-refractivity contribution in [3.63, 3.8) is 0 Å². The van der Waals surface area contributed by atoms with Crippen LogP contribution in [0.1, 0.15) is 24.5 Å². The summed E-state index contributed by atoms with van der Waals surface area (Å²) in [6.45, 7) is 2.19. The number of para-hydroxylation sites is 1. The van der Waals surface area contributed by atoms with Crippen molar-refractivity contribution in [1.29, 1.82) is 0 Å². The first kappa shape index (κ1) is 12.2. The van der Waals surface area contributed by atoms with Crippen molar-refractivity contribution in [3.05, 3.63) is 53.6 Å². The Morgan fingerprint density at radius 1 is 0.947 bits per heavy atom. The van der Waals surface area contributed by atoms with Crippen LogP contribution in [-0.2, 0) is 6.42 Å². The third-order valence-electron chi connectivity index (χ3n) is 3.31. The highest BCUT2D eigenvalue weighted by molar-refractivity contribution is 7.81. The SMILES string of the molecule is CCCc1ccc2c(c1)NC(=S)c1ccccc1N2. The van der Waals surface area contributed by atoms with Gasteiger partial charge in [0.15, 0.2) is 0 Å². The number of hydrogen-bond donors (Lipinski definition) is 2. The van der Waals surface area contributed by atoms with Gasteiger partial charge >= 0.3 is 0 Å². The summed E-state index contributed by atoms with van der Waals surface area (Å²) >= 11 is 5.48. The Balaban J connectivity index is 2.04. The van der Waals surface area contributed by atoms with Crippen LogP contribution in [0, 0.1) is 0 Å². The van der Waals surface area contributed by atoms with Gasteiger partial charge in [-0.25, -0.2) is 0 Å². The molecule has 96 valence electrons. The molecule has 0 saturated carbocycles. The maximum absolute atomic E-state index is 5.48. The van der Waals surface area contributed by atoms with Crippen LogP contribution in [0.3, 0.4) is 0 Å². The van der Waals surface area contributed by atoms with E-state index < -0.39 is 0 Å². The molecule has 3 rings (SSSR count). The monoisotopic (exact) mass is 268 g/mol. The van der Waals surface area contributed by atoms with Crippen LogP contribution >= 0.6 is 12.2 Å². The number of nitrogens with one attached hydrogen (secondary N) is 2. The zero-order valence-corrected chi connectivity index (χ0v) is 11.7. The van der Waals surface area contributed by atoms with Gasteiger partial charge < -0.3 is 10.6 Å². The number of hydrogen-bond acceptors (Lipinski definition) is 2. The Bertz CT molecular complexity index is 634. The fourth-order valence-corrected chi connectivity index (χ4v) is 2.66. The highest BCUT2D eigenvalue weighted by Crippen LogP contribution is 2.32. The standard InChI is InChI=1S/C16H16N2S/c1-2-5-11-8-9-14-15(10-11)18-16(19)12-6-3-4-7-13(12)17-14/h3-4,6-10,17H,2,5H2,1H3,(H,18,19). The van der Waals surface area contributed by atoms with Gasteiger partial charge in [0.05, 0.1) is 11.4 Å². The van der Waals surface area contributed by atoms with Gasteiger partial charge in [-0.2, -0.15) is 0 Å². The highest BCUT2D eigenvalue weighted by atomic mass is 32.1. The van der Waals surface area contributed by atoms with Crippen LogP contribution in [0.4, 0.5) is 17.1 Å². The first-order valence-electron chi connectivity index (χ1n) is 6.58. The van der Waals surface area contributed by atoms with Crippen LogP contribution in [0.25, 0.3) is 0 Å². The quantitative estimate of drug-likeness (QED) is 0.785. The fraction of sp³-hybridized carbons (Fsp3) is 0.188. The number of rotatable bonds is 2. The van der Waals surface area contributed by atoms with E-state index in [0.29, 0.717) is 0 Å². The second-order valence-corrected chi connectivity index (χ2v) is 5.16. The molecule has 0 spiro atoms. The predicted octanol–water partition coefficient (Wildman–Crippen LogP) is 4.48. The molecule has 0 bridgehead atoms. The van der Waals surface area contributed by atoms with Crippen LogP contribution in [0.15, 0.2) is 42.5 Å². The summed E-state index contributed by atoms with van der Waals surface area (Å²) in [6, 6.07) is 14.6. The Labute approximate surface area is 118 Å². The number of thiocarbonyl (C=S) groups is 1. The van der Waals surface area contributed by atoms with E-state index in [1.165, 1.54) is 5.56 Å². The molecule has 1 aliphatic rings. The summed E-state index contributed by atoms with van der Waals surface area (Å²) in [6.07, 6.45) is 2.24. The number of anilines is 3. The van der Waals surface area contributed by atoms with E-state index in [2.05, 4.69) is 41.8 Å². The van der Waals surface area contributed by atoms with Crippen LogP contribution < -0.4 is 10.6 Å². The molecule has 2 aromatic rings. The first-order valence-corrected chi connectivity index (χ1v) is 6.99. The van der Waals surface area contributed by atoms with Gasteiger partial charge in [0.25, 0.3) is 0 Å². The molecule has 1 heterocycles. The van der Waals surface area contributed by atoms with E-state index in [1.54, 1.807) is 0 Å². The topological polar surface area (TPSA) is 24.1 Å². The Morgan fingerprint density at radius 3 is 2.63 bits per heavy atom. The molecule has 3 heteroatoms. The van der Waals surface area contributed by atoms with Crippen molar-refractivity contribution >= 4 is 34.3 Å². The molecule has 0 atom stereocenters. The normalized spacial score (nSPS) is 12.8. The summed E-state index contributed by atoms with van der Waals surface area (Å²) in [5.74, 6) is 0. The lowest BCUT2D eigenvalue weighted by Crippen LogP contribution is -2.09. The molecule has 0 saturated heterocycles. The maximum Gasteiger partial charge on any atom is 0.113 e. The van der Waals surface area contributed by atoms with Crippen LogP contribution in [0.2, 0.25) is 0 Å². The summed E-state index contributed by atoms with van der Waals surface area (Å²) in [7, 11) is 0. The summed E-state index contributed by atoms with van der Waals surface area (Å²) in [5, 5.41) is 6.80. The van der Waals surface area contributed by atoms with E-state index in [1.807, 2.05) is 18.2 Å². The van der Waals surface area contributed by atoms with Crippen LogP contribution in [-0.4, -0.2) is 4.99 Å². The Hall–Kier alpha value is -1.87. The van der Waals surface area contributed by atoms with Gasteiger partial charge in [-0.3, -0.25) is 0 Å². The number of fused-ring (bicyclic) bond motifs is 2. The average molecular weight is 268 g/mol. The minimum atomic E-state index is 0.774. The Morgan fingerprint density at radius 2 is 1.79 bits per heavy atom. The second kappa shape index (κ2) is 5.02. The zero-order valence-electron chi connectivity index (χ0n) is 10.9. The molecule has 2 aromatic carbocycles. The first-order chi connectivity index (χ1) is 9.28. The molecule has 1 aliphatic heterocycles. The maximum atomic E-state index is 5.48. The molecule has 0 fully saturated rings. The van der Waals surface area contributed by atoms with E-state index in [0.717, 1.165) is 40.5 Å². The summed E-state index contributed by atoms with van der Waals surface area (Å²) in [4.78, 5) is 0.774. The molecule has 0 aromatic heterocycles. The molecule has 0 radical (unpaired) electrons. The minimum absolute atomic E-state index is 0.774. The molecule has 0 unspecified atom stereocenters. The fourth-order valence-electron chi connectivity index (χ4n) is 2.37. The van der Waals surface area contributed by atoms with E-state index in [4.69, 9.17) is 12.2 Å². The lowest BCUT2D eigenvalue weighted by atomic mass is 10.1. The van der Waals surface area contributed by atoms with Gasteiger partial charge in [-0.05, 0) is 36.2 Å². The Kier molecular flexibility index (Phi) is 3.22. The minimum Gasteiger partial charge on any atom is -0.353 e. The predicted molar refractivity (Wildman–Crippen MR) is 85.5 cm³/mol. The molecule has 2 N–H and O–H groups in total. The number of aryl methyl sites for hydroxylation is 1. The smallest absolute Gasteiger partial charge is 0.113 e. The van der Waals surface area contributed by atoms with E-state index in [-0.39, 0.29) is 0 Å². The molecule has 2 nitrogen and oxygen atoms in total. The van der Waals surface area contributed by atoms with Crippen molar-refractivity contribution in [1.82, 2.24) is 0 Å². The van der Waals surface area contributed by atoms with E-state index >= 15 is 0 Å². The van der Waals surface area contributed by atoms with Gasteiger partial charge in [0.2, 0.25) is 0 Å². The zero-order chi connectivity index (χ0) is 13.2. The van der Waals surface area contributed by atoms with Gasteiger partial charge in [-0.15, -0.1) is 0 Å². The summed E-state index contributed by atoms with van der Waals surface area (Å²) in [5.41, 5.74) is 5.58. The van der Waals surface area contributed by atoms with Crippen molar-refractivity contribution in [2.24, 2.45) is 0 Å². The molecule has 0 aliphatic carbocycles. The molecule has 0 amide bonds. The largest absolute Gasteiger partial charge is 0.353 e. The van der Waals surface area contributed by atoms with Gasteiger partial charge in [0.1, 0.15) is 4.99 Å². The molecular weight excluding hydrogens is 252 g/mol. The van der Waals surface area contributed by atoms with Crippen molar-refractivity contribution in [2.75, 3.05) is 10.6 Å². The number of benzene rings is 2. The van der Waals surface area contributed by atoms with Crippen molar-refractivity contribution < 1.29 is 0 Å². The highest BCUT2D eigenvalue weighted by Gasteiger charge is 2.15. The third kappa shape index (κ3) is 2.34. The van der Waals surface area contributed by atoms with Gasteiger partial charge in [-0.1, -0.05) is 43.8 Å². The lowest BCUT2D eigenvalue weighted by Gasteiger charge is -2.10. The van der Waals surface area contributed by atoms with Gasteiger partial charge in [0, 0.05) is 11.3 Å². The average Bonchev–Trinajstić information content (AvgIpc) is 2.55. The van der Waals surface area contributed by atoms with Crippen molar-refractivity contribution in [2.45, 2.75) is 19.8 Å².